The number of pyridine rings is 1. The van der Waals surface area contributed by atoms with Crippen LogP contribution >= 0.6 is 0 Å². The normalized spacial score (nSPS) is 13.1. The van der Waals surface area contributed by atoms with Gasteiger partial charge in [-0.2, -0.15) is 0 Å². The Kier molecular flexibility index (Phi) is 7.92. The highest BCUT2D eigenvalue weighted by Gasteiger charge is 2.21. The van der Waals surface area contributed by atoms with Crippen molar-refractivity contribution in [3.63, 3.8) is 0 Å². The molecule has 200 valence electrons. The van der Waals surface area contributed by atoms with Gasteiger partial charge in [0.05, 0.1) is 18.2 Å². The van der Waals surface area contributed by atoms with Crippen LogP contribution in [-0.4, -0.2) is 41.5 Å². The van der Waals surface area contributed by atoms with Gasteiger partial charge in [0.1, 0.15) is 0 Å². The van der Waals surface area contributed by atoms with Crippen LogP contribution in [0.5, 0.6) is 0 Å². The molecule has 0 N–H and O–H groups in total. The lowest BCUT2D eigenvalue weighted by molar-refractivity contribution is 0.0601. The zero-order valence-electron chi connectivity index (χ0n) is 22.6. The first-order chi connectivity index (χ1) is 19.0. The minimum atomic E-state index is -0.367. The van der Waals surface area contributed by atoms with Gasteiger partial charge in [-0.3, -0.25) is 9.59 Å². The number of unbranched alkanes of at least 4 members (excludes halogenated alkanes) is 1. The molecular formula is C33H34N2O4. The fourth-order valence-corrected chi connectivity index (χ4v) is 5.37. The number of esters is 1. The number of rotatable bonds is 8. The lowest BCUT2D eigenvalue weighted by atomic mass is 9.98. The van der Waals surface area contributed by atoms with Crippen molar-refractivity contribution < 1.29 is 14.3 Å². The van der Waals surface area contributed by atoms with Crippen LogP contribution in [0.2, 0.25) is 0 Å². The summed E-state index contributed by atoms with van der Waals surface area (Å²) in [5, 5.41) is 0.644. The molecule has 0 spiro atoms. The molecule has 0 bridgehead atoms. The Morgan fingerprint density at radius 3 is 2.41 bits per heavy atom. The summed E-state index contributed by atoms with van der Waals surface area (Å²) in [6, 6.07) is 21.0. The summed E-state index contributed by atoms with van der Waals surface area (Å²) in [5.74, 6) is -0.342. The summed E-state index contributed by atoms with van der Waals surface area (Å²) in [7, 11) is 1.38. The number of carbonyl (C=O) groups excluding carboxylic acids is 2. The van der Waals surface area contributed by atoms with Gasteiger partial charge in [-0.05, 0) is 66.6 Å². The predicted molar refractivity (Wildman–Crippen MR) is 154 cm³/mol. The van der Waals surface area contributed by atoms with E-state index in [1.807, 2.05) is 65.7 Å². The van der Waals surface area contributed by atoms with Gasteiger partial charge in [-0.1, -0.05) is 55.8 Å². The van der Waals surface area contributed by atoms with Gasteiger partial charge < -0.3 is 14.2 Å². The van der Waals surface area contributed by atoms with Crippen LogP contribution in [0.25, 0.3) is 22.0 Å². The van der Waals surface area contributed by atoms with Crippen molar-refractivity contribution in [1.82, 2.24) is 9.47 Å². The Hall–Kier alpha value is -4.19. The van der Waals surface area contributed by atoms with Crippen molar-refractivity contribution >= 4 is 22.8 Å². The second-order valence-corrected chi connectivity index (χ2v) is 10.2. The van der Waals surface area contributed by atoms with E-state index in [9.17, 15) is 14.4 Å². The number of aromatic nitrogens is 1. The number of amides is 1. The van der Waals surface area contributed by atoms with Crippen LogP contribution in [-0.2, 0) is 17.7 Å². The van der Waals surface area contributed by atoms with E-state index in [0.29, 0.717) is 23.1 Å². The molecule has 0 atom stereocenters. The summed E-state index contributed by atoms with van der Waals surface area (Å²) in [6.07, 6.45) is 6.71. The lowest BCUT2D eigenvalue weighted by Crippen LogP contribution is -2.27. The van der Waals surface area contributed by atoms with Crippen LogP contribution in [0.3, 0.4) is 0 Å². The molecule has 1 aliphatic heterocycles. The number of fused-ring (bicyclic) bond motifs is 1. The number of ether oxygens (including phenoxy) is 1. The molecule has 3 aromatic carbocycles. The number of benzene rings is 3. The molecule has 0 radical (unpaired) electrons. The first-order valence-electron chi connectivity index (χ1n) is 13.7. The maximum absolute atomic E-state index is 13.3. The molecule has 0 aliphatic carbocycles. The SMILES string of the molecule is CCCCc1cn(Cc2ccc(-c3ccccc3C(=O)OC)cc2)c2cc(C(=O)N3CCCC3)ccc2c1=O. The van der Waals surface area contributed by atoms with E-state index in [4.69, 9.17) is 4.74 Å². The highest BCUT2D eigenvalue weighted by Crippen LogP contribution is 2.26. The van der Waals surface area contributed by atoms with E-state index in [1.54, 1.807) is 12.1 Å². The molecule has 1 amide bonds. The molecule has 4 aromatic rings. The minimum Gasteiger partial charge on any atom is -0.465 e. The number of hydrogen-bond donors (Lipinski definition) is 0. The highest BCUT2D eigenvalue weighted by atomic mass is 16.5. The number of hydrogen-bond acceptors (Lipinski definition) is 4. The van der Waals surface area contributed by atoms with Crippen molar-refractivity contribution in [3.8, 4) is 11.1 Å². The topological polar surface area (TPSA) is 68.6 Å². The Bertz CT molecular complexity index is 1560. The van der Waals surface area contributed by atoms with Crippen molar-refractivity contribution in [2.24, 2.45) is 0 Å². The van der Waals surface area contributed by atoms with E-state index < -0.39 is 0 Å². The second kappa shape index (κ2) is 11.7. The molecule has 6 nitrogen and oxygen atoms in total. The Labute approximate surface area is 228 Å². The smallest absolute Gasteiger partial charge is 0.338 e. The van der Waals surface area contributed by atoms with Crippen LogP contribution < -0.4 is 5.43 Å². The summed E-state index contributed by atoms with van der Waals surface area (Å²) in [6.45, 7) is 4.24. The largest absolute Gasteiger partial charge is 0.465 e. The Morgan fingerprint density at radius 2 is 1.69 bits per heavy atom. The number of nitrogens with zero attached hydrogens (tertiary/aromatic N) is 2. The predicted octanol–water partition coefficient (Wildman–Crippen LogP) is 6.08. The number of carbonyl (C=O) groups is 2. The maximum atomic E-state index is 13.3. The van der Waals surface area contributed by atoms with Crippen LogP contribution in [0.4, 0.5) is 0 Å². The monoisotopic (exact) mass is 522 g/mol. The average Bonchev–Trinajstić information content (AvgIpc) is 3.52. The minimum absolute atomic E-state index is 0.0251. The van der Waals surface area contributed by atoms with Crippen LogP contribution in [0.1, 0.15) is 64.4 Å². The molecule has 1 fully saturated rings. The van der Waals surface area contributed by atoms with Crippen molar-refractivity contribution in [2.45, 2.75) is 45.6 Å². The van der Waals surface area contributed by atoms with E-state index >= 15 is 0 Å². The summed E-state index contributed by atoms with van der Waals surface area (Å²) in [5.41, 5.74) is 5.55. The van der Waals surface area contributed by atoms with Crippen molar-refractivity contribution in [3.05, 3.63) is 105 Å². The third-order valence-corrected chi connectivity index (χ3v) is 7.55. The summed E-state index contributed by atoms with van der Waals surface area (Å²) < 4.78 is 7.05. The molecule has 0 unspecified atom stereocenters. The number of likely N-dealkylation sites (tertiary alicyclic amines) is 1. The fraction of sp³-hybridized carbons (Fsp3) is 0.303. The van der Waals surface area contributed by atoms with E-state index in [1.165, 1.54) is 7.11 Å². The van der Waals surface area contributed by atoms with E-state index in [0.717, 1.165) is 73.0 Å². The maximum Gasteiger partial charge on any atom is 0.338 e. The van der Waals surface area contributed by atoms with Gasteiger partial charge in [0.2, 0.25) is 0 Å². The van der Waals surface area contributed by atoms with Crippen LogP contribution in [0.15, 0.2) is 77.7 Å². The quantitative estimate of drug-likeness (QED) is 0.263. The molecule has 6 heteroatoms. The third kappa shape index (κ3) is 5.51. The fourth-order valence-electron chi connectivity index (χ4n) is 5.37. The summed E-state index contributed by atoms with van der Waals surface area (Å²) >= 11 is 0. The Balaban J connectivity index is 1.52. The van der Waals surface area contributed by atoms with Crippen molar-refractivity contribution in [1.29, 1.82) is 0 Å². The van der Waals surface area contributed by atoms with E-state index in [-0.39, 0.29) is 17.3 Å². The molecule has 0 saturated carbocycles. The molecule has 1 aliphatic rings. The van der Waals surface area contributed by atoms with Gasteiger partial charge in [-0.15, -0.1) is 0 Å². The highest BCUT2D eigenvalue weighted by molar-refractivity contribution is 5.98. The molecule has 1 aromatic heterocycles. The second-order valence-electron chi connectivity index (χ2n) is 10.2. The molecule has 39 heavy (non-hydrogen) atoms. The van der Waals surface area contributed by atoms with Crippen molar-refractivity contribution in [2.75, 3.05) is 20.2 Å². The molecule has 1 saturated heterocycles. The number of methoxy groups -OCH3 is 1. The Morgan fingerprint density at radius 1 is 0.949 bits per heavy atom. The van der Waals surface area contributed by atoms with Gasteiger partial charge >= 0.3 is 5.97 Å². The van der Waals surface area contributed by atoms with Gasteiger partial charge in [0.25, 0.3) is 5.91 Å². The number of aryl methyl sites for hydroxylation is 1. The average molecular weight is 523 g/mol. The van der Waals surface area contributed by atoms with Gasteiger partial charge in [-0.25, -0.2) is 4.79 Å². The first kappa shape index (κ1) is 26.4. The molecule has 5 rings (SSSR count). The van der Waals surface area contributed by atoms with Crippen LogP contribution in [0, 0.1) is 0 Å². The van der Waals surface area contributed by atoms with E-state index in [2.05, 4.69) is 11.5 Å². The zero-order valence-corrected chi connectivity index (χ0v) is 22.6. The van der Waals surface area contributed by atoms with Gasteiger partial charge in [0.15, 0.2) is 5.43 Å². The first-order valence-corrected chi connectivity index (χ1v) is 13.7. The zero-order chi connectivity index (χ0) is 27.4. The van der Waals surface area contributed by atoms with Gasteiger partial charge in [0, 0.05) is 42.3 Å². The third-order valence-electron chi connectivity index (χ3n) is 7.55. The standard InChI is InChI=1S/C33H34N2O4/c1-3-4-9-26-22-35(30-20-25(16-17-29(30)31(26)36)32(37)34-18-7-8-19-34)21-23-12-14-24(15-13-23)27-10-5-6-11-28(27)33(38)39-2/h5-6,10-17,20,22H,3-4,7-9,18-19,21H2,1-2H3. The molecular weight excluding hydrogens is 488 g/mol. The lowest BCUT2D eigenvalue weighted by Gasteiger charge is -2.18. The summed E-state index contributed by atoms with van der Waals surface area (Å²) in [4.78, 5) is 40.6. The molecule has 2 heterocycles.